The number of alkyl halides is 1. The lowest BCUT2D eigenvalue weighted by Gasteiger charge is -2.62. The van der Waals surface area contributed by atoms with E-state index < -0.39 is 5.60 Å². The molecule has 1 unspecified atom stereocenters. The van der Waals surface area contributed by atoms with Crippen LogP contribution < -0.4 is 0 Å². The second-order valence-electron chi connectivity index (χ2n) is 10.1. The van der Waals surface area contributed by atoms with E-state index in [9.17, 15) is 10.2 Å². The summed E-state index contributed by atoms with van der Waals surface area (Å²) >= 11 is 3.98. The lowest BCUT2D eigenvalue weighted by atomic mass is 9.45. The third-order valence-corrected chi connectivity index (χ3v) is 10.3. The molecule has 0 spiro atoms. The van der Waals surface area contributed by atoms with Crippen molar-refractivity contribution in [3.63, 3.8) is 0 Å². The van der Waals surface area contributed by atoms with Crippen LogP contribution in [0.2, 0.25) is 0 Å². The smallest absolute Gasteiger partial charge is 0.0656 e. The van der Waals surface area contributed by atoms with Crippen LogP contribution >= 0.6 is 15.9 Å². The van der Waals surface area contributed by atoms with E-state index in [0.717, 1.165) is 25.2 Å². The number of hydrogen-bond donors (Lipinski definition) is 2. The molecule has 4 aliphatic rings. The van der Waals surface area contributed by atoms with Crippen molar-refractivity contribution in [3.05, 3.63) is 0 Å². The van der Waals surface area contributed by atoms with Crippen LogP contribution in [0.1, 0.15) is 66.2 Å². The highest BCUT2D eigenvalue weighted by Gasteiger charge is 2.72. The summed E-state index contributed by atoms with van der Waals surface area (Å²) in [7, 11) is 0. The maximum Gasteiger partial charge on any atom is 0.0656 e. The molecule has 0 amide bonds. The van der Waals surface area contributed by atoms with E-state index in [0.29, 0.717) is 28.5 Å². The van der Waals surface area contributed by atoms with Crippen molar-refractivity contribution in [2.75, 3.05) is 0 Å². The second-order valence-corrected chi connectivity index (χ2v) is 11.2. The van der Waals surface area contributed by atoms with Crippen LogP contribution in [0.4, 0.5) is 0 Å². The summed E-state index contributed by atoms with van der Waals surface area (Å²) in [5.74, 6) is 2.67. The Labute approximate surface area is 149 Å². The first kappa shape index (κ1) is 16.8. The van der Waals surface area contributed by atoms with E-state index in [-0.39, 0.29) is 16.9 Å². The van der Waals surface area contributed by atoms with Gasteiger partial charge in [-0.05, 0) is 85.9 Å². The van der Waals surface area contributed by atoms with Crippen molar-refractivity contribution >= 4 is 15.9 Å². The van der Waals surface area contributed by atoms with Gasteiger partial charge in [-0.25, -0.2) is 0 Å². The van der Waals surface area contributed by atoms with Gasteiger partial charge in [0.05, 0.1) is 11.7 Å². The molecule has 4 saturated carbocycles. The maximum absolute atomic E-state index is 11.4. The molecule has 132 valence electrons. The Balaban J connectivity index is 1.82. The monoisotopic (exact) mass is 384 g/mol. The fourth-order valence-corrected chi connectivity index (χ4v) is 8.71. The highest BCUT2D eigenvalue weighted by Crippen LogP contribution is 2.75. The number of aliphatic hydroxyl groups is 2. The van der Waals surface area contributed by atoms with Crippen LogP contribution in [0.3, 0.4) is 0 Å². The van der Waals surface area contributed by atoms with Crippen molar-refractivity contribution in [3.8, 4) is 0 Å². The second kappa shape index (κ2) is 4.98. The zero-order valence-electron chi connectivity index (χ0n) is 15.1. The Bertz CT molecular complexity index is 504. The first-order valence-electron chi connectivity index (χ1n) is 9.68. The van der Waals surface area contributed by atoms with Gasteiger partial charge in [0.2, 0.25) is 0 Å². The minimum absolute atomic E-state index is 0.135. The summed E-state index contributed by atoms with van der Waals surface area (Å²) in [5.41, 5.74) is -0.121. The molecule has 2 nitrogen and oxygen atoms in total. The van der Waals surface area contributed by atoms with Crippen molar-refractivity contribution in [2.45, 2.75) is 82.8 Å². The number of rotatable bonds is 1. The SMILES string of the molecule is CC(C)[C@@H]1C[C@@H]2C(O)C[C@@]13CC[C@]1(C)[C@@H](Br)CC[C@@](C)(O)[C@H]1[C@H]23. The normalized spacial score (nSPS) is 61.6. The number of hydrogen-bond acceptors (Lipinski definition) is 2. The molecule has 0 aromatic heterocycles. The molecule has 2 N–H and O–H groups in total. The van der Waals surface area contributed by atoms with Crippen molar-refractivity contribution in [2.24, 2.45) is 40.4 Å². The van der Waals surface area contributed by atoms with Crippen LogP contribution in [0.5, 0.6) is 0 Å². The van der Waals surface area contributed by atoms with E-state index in [4.69, 9.17) is 0 Å². The quantitative estimate of drug-likeness (QED) is 0.658. The van der Waals surface area contributed by atoms with E-state index in [1.807, 2.05) is 0 Å². The Kier molecular flexibility index (Phi) is 3.65. The topological polar surface area (TPSA) is 40.5 Å². The maximum atomic E-state index is 11.4. The Morgan fingerprint density at radius 1 is 1.13 bits per heavy atom. The summed E-state index contributed by atoms with van der Waals surface area (Å²) in [6.07, 6.45) is 6.44. The van der Waals surface area contributed by atoms with Gasteiger partial charge in [0, 0.05) is 4.83 Å². The minimum Gasteiger partial charge on any atom is -0.393 e. The first-order valence-corrected chi connectivity index (χ1v) is 10.6. The molecule has 9 atom stereocenters. The number of aliphatic hydroxyl groups excluding tert-OH is 1. The van der Waals surface area contributed by atoms with Crippen molar-refractivity contribution in [1.29, 1.82) is 0 Å². The van der Waals surface area contributed by atoms with Crippen LogP contribution in [-0.2, 0) is 0 Å². The average molecular weight is 385 g/mol. The lowest BCUT2D eigenvalue weighted by Crippen LogP contribution is -2.61. The van der Waals surface area contributed by atoms with Gasteiger partial charge in [0.25, 0.3) is 0 Å². The van der Waals surface area contributed by atoms with E-state index in [2.05, 4.69) is 43.6 Å². The van der Waals surface area contributed by atoms with Gasteiger partial charge in [-0.1, -0.05) is 36.7 Å². The molecular formula is C20H33BrO2. The molecule has 4 aliphatic carbocycles. The zero-order valence-corrected chi connectivity index (χ0v) is 16.6. The highest BCUT2D eigenvalue weighted by molar-refractivity contribution is 9.09. The van der Waals surface area contributed by atoms with Gasteiger partial charge in [-0.3, -0.25) is 0 Å². The molecule has 0 heterocycles. The highest BCUT2D eigenvalue weighted by atomic mass is 79.9. The van der Waals surface area contributed by atoms with Crippen molar-refractivity contribution in [1.82, 2.24) is 0 Å². The fourth-order valence-electron chi connectivity index (χ4n) is 7.96. The average Bonchev–Trinajstić information content (AvgIpc) is 2.92. The molecule has 0 saturated heterocycles. The van der Waals surface area contributed by atoms with Crippen LogP contribution in [0.15, 0.2) is 0 Å². The molecule has 4 rings (SSSR count). The van der Waals surface area contributed by atoms with Gasteiger partial charge < -0.3 is 10.2 Å². The van der Waals surface area contributed by atoms with Crippen LogP contribution in [0.25, 0.3) is 0 Å². The molecule has 4 fully saturated rings. The van der Waals surface area contributed by atoms with Crippen LogP contribution in [0, 0.1) is 40.4 Å². The third kappa shape index (κ3) is 1.99. The lowest BCUT2D eigenvalue weighted by molar-refractivity contribution is -0.170. The third-order valence-electron chi connectivity index (χ3n) is 8.77. The molecular weight excluding hydrogens is 352 g/mol. The Hall–Kier alpha value is 0.400. The molecule has 3 heteroatoms. The molecule has 23 heavy (non-hydrogen) atoms. The van der Waals surface area contributed by atoms with E-state index in [1.165, 1.54) is 19.3 Å². The number of fused-ring (bicyclic) bond motifs is 1. The first-order chi connectivity index (χ1) is 10.6. The summed E-state index contributed by atoms with van der Waals surface area (Å²) in [4.78, 5) is 0.507. The zero-order chi connectivity index (χ0) is 16.8. The summed E-state index contributed by atoms with van der Waals surface area (Å²) < 4.78 is 0. The van der Waals surface area contributed by atoms with Gasteiger partial charge in [0.1, 0.15) is 0 Å². The Morgan fingerprint density at radius 2 is 1.83 bits per heavy atom. The summed E-state index contributed by atoms with van der Waals surface area (Å²) in [6.45, 7) is 9.22. The summed E-state index contributed by atoms with van der Waals surface area (Å²) in [5, 5.41) is 22.1. The van der Waals surface area contributed by atoms with Gasteiger partial charge in [-0.15, -0.1) is 0 Å². The minimum atomic E-state index is -0.580. The molecule has 0 aromatic rings. The van der Waals surface area contributed by atoms with Crippen molar-refractivity contribution < 1.29 is 10.2 Å². The van der Waals surface area contributed by atoms with Gasteiger partial charge in [0.15, 0.2) is 0 Å². The number of halogens is 1. The molecule has 2 bridgehead atoms. The van der Waals surface area contributed by atoms with E-state index >= 15 is 0 Å². The largest absolute Gasteiger partial charge is 0.393 e. The standard InChI is InChI=1S/C20H33BrO2/c1-11(2)13-9-12-14(22)10-20(13)8-7-18(3)15(21)5-6-19(4,23)17(18)16(12)20/h11-17,22-23H,5-10H2,1-4H3/t12-,13+,14?,15+,16+,17+,18-,19-,20+/m1/s1. The predicted molar refractivity (Wildman–Crippen MR) is 96.4 cm³/mol. The molecule has 0 aliphatic heterocycles. The fraction of sp³-hybridized carbons (Fsp3) is 1.00. The van der Waals surface area contributed by atoms with Gasteiger partial charge >= 0.3 is 0 Å². The summed E-state index contributed by atoms with van der Waals surface area (Å²) in [6, 6.07) is 0. The van der Waals surface area contributed by atoms with Crippen LogP contribution in [-0.4, -0.2) is 26.7 Å². The van der Waals surface area contributed by atoms with Gasteiger partial charge in [-0.2, -0.15) is 0 Å². The molecule has 0 radical (unpaired) electrons. The molecule has 0 aromatic carbocycles. The Morgan fingerprint density at radius 3 is 2.48 bits per heavy atom. The predicted octanol–water partition coefficient (Wildman–Crippen LogP) is 4.37. The van der Waals surface area contributed by atoms with E-state index in [1.54, 1.807) is 0 Å².